The van der Waals surface area contributed by atoms with Gasteiger partial charge in [0.05, 0.1) is 6.21 Å². The summed E-state index contributed by atoms with van der Waals surface area (Å²) >= 11 is 3.34. The molecule has 6 nitrogen and oxygen atoms in total. The van der Waals surface area contributed by atoms with Gasteiger partial charge in [-0.25, -0.2) is 15.1 Å². The van der Waals surface area contributed by atoms with Crippen LogP contribution in [0.3, 0.4) is 0 Å². The maximum atomic E-state index is 11.4. The second-order valence-corrected chi connectivity index (χ2v) is 4.35. The molecule has 7 heteroatoms. The van der Waals surface area contributed by atoms with Gasteiger partial charge in [0, 0.05) is 4.47 Å². The van der Waals surface area contributed by atoms with Crippen LogP contribution in [-0.2, 0) is 11.3 Å². The zero-order chi connectivity index (χ0) is 12.8. The predicted octanol–water partition coefficient (Wildman–Crippen LogP) is 1.19. The van der Waals surface area contributed by atoms with Gasteiger partial charge in [0.25, 0.3) is 5.91 Å². The molecule has 0 bridgehead atoms. The van der Waals surface area contributed by atoms with Crippen LogP contribution in [0.4, 0.5) is 0 Å². The average molecular weight is 308 g/mol. The van der Waals surface area contributed by atoms with E-state index in [9.17, 15) is 4.79 Å². The third-order valence-electron chi connectivity index (χ3n) is 2.05. The number of benzene rings is 1. The smallest absolute Gasteiger partial charge is 0.261 e. The topological polar surface area (TPSA) is 72.2 Å². The third kappa shape index (κ3) is 3.77. The van der Waals surface area contributed by atoms with Gasteiger partial charge in [-0.2, -0.15) is 10.2 Å². The lowest BCUT2D eigenvalue weighted by Crippen LogP contribution is -2.23. The van der Waals surface area contributed by atoms with Gasteiger partial charge in [-0.05, 0) is 17.7 Å². The van der Waals surface area contributed by atoms with Crippen molar-refractivity contribution >= 4 is 28.1 Å². The molecule has 1 amide bonds. The van der Waals surface area contributed by atoms with Gasteiger partial charge in [-0.15, -0.1) is 0 Å². The first-order valence-corrected chi connectivity index (χ1v) is 5.93. The molecule has 92 valence electrons. The number of hydrogen-bond donors (Lipinski definition) is 1. The standard InChI is InChI=1S/C11H10BrN5O/c12-10-3-1-9(2-4-10)5-14-16-11(18)6-17-8-13-7-15-17/h1-5,7-8H,6H2,(H,16,18)/b14-5+. The SMILES string of the molecule is O=C(Cn1cncn1)N/N=C/c1ccc(Br)cc1. The van der Waals surface area contributed by atoms with Gasteiger partial charge in [0.1, 0.15) is 19.2 Å². The zero-order valence-electron chi connectivity index (χ0n) is 9.32. The summed E-state index contributed by atoms with van der Waals surface area (Å²) in [6.07, 6.45) is 4.42. The fraction of sp³-hybridized carbons (Fsp3) is 0.0909. The number of hydrogen-bond acceptors (Lipinski definition) is 4. The van der Waals surface area contributed by atoms with Crippen molar-refractivity contribution in [2.45, 2.75) is 6.54 Å². The Morgan fingerprint density at radius 2 is 2.22 bits per heavy atom. The van der Waals surface area contributed by atoms with E-state index in [4.69, 9.17) is 0 Å². The molecule has 0 saturated carbocycles. The molecule has 0 radical (unpaired) electrons. The second kappa shape index (κ2) is 6.06. The molecule has 1 aromatic carbocycles. The highest BCUT2D eigenvalue weighted by atomic mass is 79.9. The first-order chi connectivity index (χ1) is 8.74. The van der Waals surface area contributed by atoms with Crippen LogP contribution in [0.15, 0.2) is 46.5 Å². The van der Waals surface area contributed by atoms with Gasteiger partial charge < -0.3 is 0 Å². The van der Waals surface area contributed by atoms with Crippen LogP contribution in [0, 0.1) is 0 Å². The molecule has 0 aliphatic carbocycles. The number of hydrazone groups is 1. The summed E-state index contributed by atoms with van der Waals surface area (Å²) in [6, 6.07) is 7.57. The molecule has 1 heterocycles. The molecule has 0 unspecified atom stereocenters. The Labute approximate surface area is 112 Å². The summed E-state index contributed by atoms with van der Waals surface area (Å²) in [4.78, 5) is 15.2. The van der Waals surface area contributed by atoms with E-state index in [1.54, 1.807) is 6.21 Å². The Balaban J connectivity index is 1.84. The summed E-state index contributed by atoms with van der Waals surface area (Å²) in [5.74, 6) is -0.256. The minimum atomic E-state index is -0.256. The normalized spacial score (nSPS) is 10.7. The van der Waals surface area contributed by atoms with Crippen LogP contribution in [0.5, 0.6) is 0 Å². The van der Waals surface area contributed by atoms with Gasteiger partial charge in [-0.1, -0.05) is 28.1 Å². The summed E-state index contributed by atoms with van der Waals surface area (Å²) in [5.41, 5.74) is 3.32. The van der Waals surface area contributed by atoms with E-state index in [1.165, 1.54) is 17.3 Å². The Morgan fingerprint density at radius 1 is 1.44 bits per heavy atom. The number of nitrogens with zero attached hydrogens (tertiary/aromatic N) is 4. The molecule has 0 spiro atoms. The summed E-state index contributed by atoms with van der Waals surface area (Å²) < 4.78 is 2.42. The highest BCUT2D eigenvalue weighted by Gasteiger charge is 2.00. The van der Waals surface area contributed by atoms with E-state index >= 15 is 0 Å². The number of rotatable bonds is 4. The molecule has 0 fully saturated rings. The zero-order valence-corrected chi connectivity index (χ0v) is 10.9. The molecule has 2 aromatic rings. The molecule has 0 aliphatic heterocycles. The summed E-state index contributed by atoms with van der Waals surface area (Å²) in [7, 11) is 0. The highest BCUT2D eigenvalue weighted by molar-refractivity contribution is 9.10. The quantitative estimate of drug-likeness (QED) is 0.681. The average Bonchev–Trinajstić information content (AvgIpc) is 2.84. The minimum absolute atomic E-state index is 0.0949. The monoisotopic (exact) mass is 307 g/mol. The van der Waals surface area contributed by atoms with Gasteiger partial charge in [-0.3, -0.25) is 4.79 Å². The number of carbonyl (C=O) groups excluding carboxylic acids is 1. The molecule has 2 rings (SSSR count). The third-order valence-corrected chi connectivity index (χ3v) is 2.57. The van der Waals surface area contributed by atoms with Gasteiger partial charge in [0.2, 0.25) is 0 Å². The Bertz CT molecular complexity index is 535. The van der Waals surface area contributed by atoms with E-state index in [0.29, 0.717) is 0 Å². The van der Waals surface area contributed by atoms with E-state index < -0.39 is 0 Å². The van der Waals surface area contributed by atoms with Crippen molar-refractivity contribution in [3.05, 3.63) is 47.0 Å². The van der Waals surface area contributed by atoms with Crippen LogP contribution in [0.2, 0.25) is 0 Å². The number of aromatic nitrogens is 3. The van der Waals surface area contributed by atoms with Crippen molar-refractivity contribution in [2.24, 2.45) is 5.10 Å². The van der Waals surface area contributed by atoms with Crippen molar-refractivity contribution < 1.29 is 4.79 Å². The number of nitrogens with one attached hydrogen (secondary N) is 1. The Kier molecular flexibility index (Phi) is 4.19. The Morgan fingerprint density at radius 3 is 2.89 bits per heavy atom. The van der Waals surface area contributed by atoms with Crippen molar-refractivity contribution in [1.82, 2.24) is 20.2 Å². The first kappa shape index (κ1) is 12.4. The van der Waals surface area contributed by atoms with E-state index in [0.717, 1.165) is 10.0 Å². The fourth-order valence-electron chi connectivity index (χ4n) is 1.22. The lowest BCUT2D eigenvalue weighted by molar-refractivity contribution is -0.121. The van der Waals surface area contributed by atoms with Crippen molar-refractivity contribution in [3.8, 4) is 0 Å². The second-order valence-electron chi connectivity index (χ2n) is 3.44. The van der Waals surface area contributed by atoms with Crippen LogP contribution >= 0.6 is 15.9 Å². The van der Waals surface area contributed by atoms with Gasteiger partial charge >= 0.3 is 0 Å². The highest BCUT2D eigenvalue weighted by Crippen LogP contribution is 2.08. The van der Waals surface area contributed by atoms with Crippen LogP contribution in [0.25, 0.3) is 0 Å². The predicted molar refractivity (Wildman–Crippen MR) is 69.9 cm³/mol. The van der Waals surface area contributed by atoms with Crippen LogP contribution in [-0.4, -0.2) is 26.9 Å². The van der Waals surface area contributed by atoms with Crippen molar-refractivity contribution in [1.29, 1.82) is 0 Å². The maximum Gasteiger partial charge on any atom is 0.261 e. The minimum Gasteiger partial charge on any atom is -0.271 e. The molecular formula is C11H10BrN5O. The van der Waals surface area contributed by atoms with Crippen LogP contribution in [0.1, 0.15) is 5.56 Å². The number of carbonyl (C=O) groups is 1. The largest absolute Gasteiger partial charge is 0.271 e. The molecule has 0 aliphatic rings. The first-order valence-electron chi connectivity index (χ1n) is 5.14. The van der Waals surface area contributed by atoms with E-state index in [1.807, 2.05) is 24.3 Å². The Hall–Kier alpha value is -2.02. The van der Waals surface area contributed by atoms with Crippen molar-refractivity contribution in [2.75, 3.05) is 0 Å². The number of amides is 1. The maximum absolute atomic E-state index is 11.4. The lowest BCUT2D eigenvalue weighted by atomic mass is 10.2. The fourth-order valence-corrected chi connectivity index (χ4v) is 1.49. The molecular weight excluding hydrogens is 298 g/mol. The summed E-state index contributed by atoms with van der Waals surface area (Å²) in [6.45, 7) is 0.0949. The lowest BCUT2D eigenvalue weighted by Gasteiger charge is -1.99. The molecule has 1 N–H and O–H groups in total. The van der Waals surface area contributed by atoms with Gasteiger partial charge in [0.15, 0.2) is 0 Å². The van der Waals surface area contributed by atoms with Crippen LogP contribution < -0.4 is 5.43 Å². The molecule has 0 saturated heterocycles. The molecule has 1 aromatic heterocycles. The summed E-state index contributed by atoms with van der Waals surface area (Å²) in [5, 5.41) is 7.67. The number of halogens is 1. The van der Waals surface area contributed by atoms with E-state index in [2.05, 4.69) is 36.5 Å². The van der Waals surface area contributed by atoms with E-state index in [-0.39, 0.29) is 12.5 Å². The molecule has 0 atom stereocenters. The van der Waals surface area contributed by atoms with Crippen molar-refractivity contribution in [3.63, 3.8) is 0 Å². The molecule has 18 heavy (non-hydrogen) atoms.